The standard InChI is InChI=1S/C9H18.C9H20.C7H13Cl.C7H14.C6H12/c1-8(2)7-9-5-3-4-6-9;1-5-9(6-2)7-8(3)4;1-6(2)4-5-7(3)8;1-6(2)5-7-3-4-7;1-4-5-6(2)3/h8-9H,3-7H2,1-2H3;8-9H,5-7H2,1-4H3;5-6H,4H2,1-3H3;6-7H,3-5H2,1-2H3;4,6H,1,5H2,2-3H3/b;;7-5-;;. The summed E-state index contributed by atoms with van der Waals surface area (Å²) in [5, 5.41) is 0.902. The second kappa shape index (κ2) is 29.3. The van der Waals surface area contributed by atoms with E-state index in [0.29, 0.717) is 0 Å². The fourth-order valence-corrected chi connectivity index (χ4v) is 5.04. The van der Waals surface area contributed by atoms with Crippen molar-refractivity contribution in [1.29, 1.82) is 0 Å². The summed E-state index contributed by atoms with van der Waals surface area (Å²) in [6.45, 7) is 32.7. The maximum absolute atomic E-state index is 5.58. The summed E-state index contributed by atoms with van der Waals surface area (Å²) in [6, 6.07) is 0. The molecule has 0 saturated heterocycles. The van der Waals surface area contributed by atoms with Gasteiger partial charge in [-0.1, -0.05) is 158 Å². The highest BCUT2D eigenvalue weighted by Crippen LogP contribution is 2.34. The molecule has 236 valence electrons. The smallest absolute Gasteiger partial charge is 0.0110 e. The van der Waals surface area contributed by atoms with E-state index < -0.39 is 0 Å². The SMILES string of the molecule is C/C(Cl)=C/CC(C)C.C=CCC(C)C.CC(C)CC1CC1.CC(C)CC1CCCC1.CCC(CC)CC(C)C. The van der Waals surface area contributed by atoms with Gasteiger partial charge in [0.25, 0.3) is 0 Å². The minimum Gasteiger partial charge on any atom is -0.103 e. The lowest BCUT2D eigenvalue weighted by atomic mass is 9.93. The van der Waals surface area contributed by atoms with Crippen LogP contribution in [-0.2, 0) is 0 Å². The van der Waals surface area contributed by atoms with E-state index >= 15 is 0 Å². The fourth-order valence-electron chi connectivity index (χ4n) is 4.95. The van der Waals surface area contributed by atoms with Crippen LogP contribution in [0.15, 0.2) is 23.8 Å². The van der Waals surface area contributed by atoms with Gasteiger partial charge in [-0.05, 0) is 86.4 Å². The number of allylic oxidation sites excluding steroid dienone is 3. The minimum atomic E-state index is 0.726. The quantitative estimate of drug-likeness (QED) is 0.205. The summed E-state index contributed by atoms with van der Waals surface area (Å²) in [6.07, 6.45) is 22.3. The Morgan fingerprint density at radius 2 is 1.08 bits per heavy atom. The molecule has 0 aromatic heterocycles. The molecule has 2 saturated carbocycles. The Labute approximate surface area is 255 Å². The van der Waals surface area contributed by atoms with Crippen molar-refractivity contribution in [1.82, 2.24) is 0 Å². The van der Waals surface area contributed by atoms with Gasteiger partial charge in [-0.25, -0.2) is 0 Å². The van der Waals surface area contributed by atoms with Crippen molar-refractivity contribution in [2.24, 2.45) is 47.3 Å². The molecule has 2 rings (SSSR count). The van der Waals surface area contributed by atoms with Crippen LogP contribution in [0, 0.1) is 47.3 Å². The molecule has 1 heteroatoms. The van der Waals surface area contributed by atoms with Crippen LogP contribution >= 0.6 is 11.6 Å². The van der Waals surface area contributed by atoms with Gasteiger partial charge in [-0.15, -0.1) is 6.58 Å². The third-order valence-corrected chi connectivity index (χ3v) is 7.40. The molecule has 0 radical (unpaired) electrons. The molecule has 0 spiro atoms. The van der Waals surface area contributed by atoms with Gasteiger partial charge in [-0.3, -0.25) is 0 Å². The first kappa shape index (κ1) is 43.2. The molecule has 2 aliphatic rings. The summed E-state index contributed by atoms with van der Waals surface area (Å²) in [4.78, 5) is 0. The maximum atomic E-state index is 5.58. The van der Waals surface area contributed by atoms with Crippen LogP contribution < -0.4 is 0 Å². The molecule has 2 fully saturated rings. The van der Waals surface area contributed by atoms with Gasteiger partial charge in [0.1, 0.15) is 0 Å². The first-order valence-corrected chi connectivity index (χ1v) is 17.5. The lowest BCUT2D eigenvalue weighted by Crippen LogP contribution is -2.00. The van der Waals surface area contributed by atoms with Crippen molar-refractivity contribution >= 4 is 11.6 Å². The van der Waals surface area contributed by atoms with Gasteiger partial charge in [0.2, 0.25) is 0 Å². The predicted molar refractivity (Wildman–Crippen MR) is 186 cm³/mol. The molecule has 2 aliphatic carbocycles. The van der Waals surface area contributed by atoms with Crippen LogP contribution in [-0.4, -0.2) is 0 Å². The molecule has 0 bridgehead atoms. The summed E-state index contributed by atoms with van der Waals surface area (Å²) >= 11 is 5.58. The number of hydrogen-bond donors (Lipinski definition) is 0. The molecule has 0 unspecified atom stereocenters. The van der Waals surface area contributed by atoms with E-state index in [1.165, 1.54) is 70.6 Å². The second-order valence-electron chi connectivity index (χ2n) is 14.5. The monoisotopic (exact) mass is 569 g/mol. The van der Waals surface area contributed by atoms with Crippen LogP contribution in [0.3, 0.4) is 0 Å². The molecule has 0 nitrogen and oxygen atoms in total. The summed E-state index contributed by atoms with van der Waals surface area (Å²) < 4.78 is 0. The van der Waals surface area contributed by atoms with Crippen molar-refractivity contribution in [3.05, 3.63) is 23.8 Å². The van der Waals surface area contributed by atoms with E-state index in [1.54, 1.807) is 0 Å². The Balaban J connectivity index is -0.000000419. The van der Waals surface area contributed by atoms with E-state index in [4.69, 9.17) is 11.6 Å². The Morgan fingerprint density at radius 1 is 0.667 bits per heavy atom. The molecule has 0 atom stereocenters. The average molecular weight is 569 g/mol. The van der Waals surface area contributed by atoms with Crippen LogP contribution in [0.5, 0.6) is 0 Å². The Bertz CT molecular complexity index is 499. The highest BCUT2D eigenvalue weighted by Gasteiger charge is 2.21. The molecule has 0 aromatic carbocycles. The zero-order valence-electron chi connectivity index (χ0n) is 29.6. The van der Waals surface area contributed by atoms with Crippen LogP contribution in [0.25, 0.3) is 0 Å². The van der Waals surface area contributed by atoms with Crippen LogP contribution in [0.2, 0.25) is 0 Å². The van der Waals surface area contributed by atoms with Gasteiger partial charge in [0, 0.05) is 5.03 Å². The van der Waals surface area contributed by atoms with Crippen LogP contribution in [0.1, 0.15) is 173 Å². The third kappa shape index (κ3) is 42.4. The Kier molecular flexibility index (Phi) is 32.4. The summed E-state index contributed by atoms with van der Waals surface area (Å²) in [5.41, 5.74) is 0. The van der Waals surface area contributed by atoms with E-state index in [0.717, 1.165) is 65.2 Å². The largest absolute Gasteiger partial charge is 0.103 e. The molecule has 0 heterocycles. The summed E-state index contributed by atoms with van der Waals surface area (Å²) in [5.74, 6) is 7.44. The lowest BCUT2D eigenvalue weighted by molar-refractivity contribution is 0.388. The van der Waals surface area contributed by atoms with Crippen molar-refractivity contribution in [3.63, 3.8) is 0 Å². The van der Waals surface area contributed by atoms with Gasteiger partial charge in [-0.2, -0.15) is 0 Å². The normalized spacial score (nSPS) is 15.4. The lowest BCUT2D eigenvalue weighted by Gasteiger charge is -2.13. The highest BCUT2D eigenvalue weighted by atomic mass is 35.5. The Morgan fingerprint density at radius 3 is 1.26 bits per heavy atom. The molecule has 39 heavy (non-hydrogen) atoms. The number of rotatable bonds is 12. The van der Waals surface area contributed by atoms with E-state index in [2.05, 4.69) is 89.7 Å². The molecular weight excluding hydrogens is 492 g/mol. The number of hydrogen-bond acceptors (Lipinski definition) is 0. The van der Waals surface area contributed by atoms with Gasteiger partial charge in [0.15, 0.2) is 0 Å². The van der Waals surface area contributed by atoms with Crippen molar-refractivity contribution in [2.75, 3.05) is 0 Å². The van der Waals surface area contributed by atoms with E-state index in [-0.39, 0.29) is 0 Å². The highest BCUT2D eigenvalue weighted by molar-refractivity contribution is 6.29. The van der Waals surface area contributed by atoms with Crippen molar-refractivity contribution in [3.8, 4) is 0 Å². The van der Waals surface area contributed by atoms with Gasteiger partial charge in [0.05, 0.1) is 0 Å². The zero-order chi connectivity index (χ0) is 30.8. The molecule has 0 aromatic rings. The second-order valence-corrected chi connectivity index (χ2v) is 15.1. The zero-order valence-corrected chi connectivity index (χ0v) is 30.3. The number of halogens is 1. The first-order valence-electron chi connectivity index (χ1n) is 17.1. The first-order chi connectivity index (χ1) is 18.2. The molecule has 0 N–H and O–H groups in total. The molecule has 0 amide bonds. The van der Waals surface area contributed by atoms with E-state index in [9.17, 15) is 0 Å². The third-order valence-electron chi connectivity index (χ3n) is 7.25. The van der Waals surface area contributed by atoms with Crippen LogP contribution in [0.4, 0.5) is 0 Å². The molecular formula is C38H77Cl. The van der Waals surface area contributed by atoms with Crippen molar-refractivity contribution < 1.29 is 0 Å². The summed E-state index contributed by atoms with van der Waals surface area (Å²) in [7, 11) is 0. The maximum Gasteiger partial charge on any atom is 0.0110 e. The van der Waals surface area contributed by atoms with Crippen molar-refractivity contribution in [2.45, 2.75) is 173 Å². The fraction of sp³-hybridized carbons (Fsp3) is 0.895. The predicted octanol–water partition coefficient (Wildman–Crippen LogP) is 14.5. The topological polar surface area (TPSA) is 0 Å². The molecule has 0 aliphatic heterocycles. The Hall–Kier alpha value is -0.230. The minimum absolute atomic E-state index is 0.726. The van der Waals surface area contributed by atoms with Gasteiger partial charge >= 0.3 is 0 Å². The van der Waals surface area contributed by atoms with E-state index in [1.807, 2.05) is 19.1 Å². The van der Waals surface area contributed by atoms with Gasteiger partial charge < -0.3 is 0 Å². The average Bonchev–Trinajstić information content (AvgIpc) is 3.48.